The molecule has 2 aromatic carbocycles. The van der Waals surface area contributed by atoms with E-state index in [1.165, 1.54) is 6.07 Å². The minimum atomic E-state index is -1.29. The van der Waals surface area contributed by atoms with Crippen molar-refractivity contribution < 1.29 is 14.3 Å². The van der Waals surface area contributed by atoms with Crippen LogP contribution in [0.25, 0.3) is 0 Å². The Morgan fingerprint density at radius 2 is 1.79 bits per heavy atom. The maximum absolute atomic E-state index is 13.5. The summed E-state index contributed by atoms with van der Waals surface area (Å²) >= 11 is 0. The van der Waals surface area contributed by atoms with Gasteiger partial charge in [-0.15, -0.1) is 0 Å². The van der Waals surface area contributed by atoms with Crippen molar-refractivity contribution >= 4 is 17.3 Å². The Bertz CT molecular complexity index is 618. The van der Waals surface area contributed by atoms with Gasteiger partial charge < -0.3 is 10.4 Å². The Morgan fingerprint density at radius 3 is 2.37 bits per heavy atom. The van der Waals surface area contributed by atoms with Crippen LogP contribution in [0.2, 0.25) is 0 Å². The van der Waals surface area contributed by atoms with Crippen LogP contribution < -0.4 is 5.32 Å². The monoisotopic (exact) mass is 259 g/mol. The number of anilines is 2. The number of benzene rings is 2. The highest BCUT2D eigenvalue weighted by atomic mass is 19.1. The van der Waals surface area contributed by atoms with Gasteiger partial charge in [-0.3, -0.25) is 0 Å². The second-order valence-electron chi connectivity index (χ2n) is 4.47. The summed E-state index contributed by atoms with van der Waals surface area (Å²) in [7, 11) is 0. The zero-order valence-corrected chi connectivity index (χ0v) is 10.7. The van der Waals surface area contributed by atoms with Crippen LogP contribution in [0.4, 0.5) is 15.8 Å². The van der Waals surface area contributed by atoms with Gasteiger partial charge in [0.05, 0.1) is 5.69 Å². The van der Waals surface area contributed by atoms with Crippen LogP contribution in [0.3, 0.4) is 0 Å². The minimum Gasteiger partial charge on any atom is -0.478 e. The Labute approximate surface area is 110 Å². The maximum Gasteiger partial charge on any atom is 0.340 e. The van der Waals surface area contributed by atoms with E-state index in [4.69, 9.17) is 5.11 Å². The summed E-state index contributed by atoms with van der Waals surface area (Å²) in [5.41, 5.74) is 2.75. The topological polar surface area (TPSA) is 49.3 Å². The molecule has 19 heavy (non-hydrogen) atoms. The van der Waals surface area contributed by atoms with Crippen LogP contribution in [0.1, 0.15) is 21.5 Å². The SMILES string of the molecule is Cc1cc(C)cc(Nc2cccc(F)c2C(=O)O)c1. The lowest BCUT2D eigenvalue weighted by Crippen LogP contribution is -2.05. The minimum absolute atomic E-state index is 0.248. The lowest BCUT2D eigenvalue weighted by Gasteiger charge is -2.11. The van der Waals surface area contributed by atoms with Crippen molar-refractivity contribution in [1.82, 2.24) is 0 Å². The van der Waals surface area contributed by atoms with Gasteiger partial charge in [0.15, 0.2) is 0 Å². The van der Waals surface area contributed by atoms with Crippen molar-refractivity contribution in [3.05, 3.63) is 58.9 Å². The van der Waals surface area contributed by atoms with E-state index in [1.807, 2.05) is 32.0 Å². The summed E-state index contributed by atoms with van der Waals surface area (Å²) in [6.45, 7) is 3.89. The first-order valence-electron chi connectivity index (χ1n) is 5.84. The number of halogens is 1. The Kier molecular flexibility index (Phi) is 3.51. The van der Waals surface area contributed by atoms with E-state index in [-0.39, 0.29) is 11.3 Å². The molecule has 0 aliphatic heterocycles. The molecule has 0 aromatic heterocycles. The summed E-state index contributed by atoms with van der Waals surface area (Å²) in [4.78, 5) is 11.1. The number of carboxylic acids is 1. The molecule has 0 atom stereocenters. The number of hydrogen-bond donors (Lipinski definition) is 2. The van der Waals surface area contributed by atoms with E-state index in [9.17, 15) is 9.18 Å². The molecule has 0 unspecified atom stereocenters. The fraction of sp³-hybridized carbons (Fsp3) is 0.133. The highest BCUT2D eigenvalue weighted by molar-refractivity contribution is 5.95. The van der Waals surface area contributed by atoms with Crippen LogP contribution in [-0.4, -0.2) is 11.1 Å². The lowest BCUT2D eigenvalue weighted by atomic mass is 10.1. The van der Waals surface area contributed by atoms with Crippen LogP contribution >= 0.6 is 0 Å². The first-order valence-corrected chi connectivity index (χ1v) is 5.84. The third-order valence-corrected chi connectivity index (χ3v) is 2.73. The zero-order chi connectivity index (χ0) is 14.0. The third kappa shape index (κ3) is 2.91. The van der Waals surface area contributed by atoms with Gasteiger partial charge in [-0.25, -0.2) is 9.18 Å². The highest BCUT2D eigenvalue weighted by Gasteiger charge is 2.15. The molecule has 3 nitrogen and oxygen atoms in total. The number of carbonyl (C=O) groups is 1. The molecule has 0 radical (unpaired) electrons. The number of aromatic carboxylic acids is 1. The Morgan fingerprint density at radius 1 is 1.16 bits per heavy atom. The predicted octanol–water partition coefficient (Wildman–Crippen LogP) is 3.88. The molecule has 0 saturated carbocycles. The quantitative estimate of drug-likeness (QED) is 0.879. The van der Waals surface area contributed by atoms with Crippen molar-refractivity contribution in [3.8, 4) is 0 Å². The van der Waals surface area contributed by atoms with E-state index in [0.717, 1.165) is 22.9 Å². The molecule has 0 saturated heterocycles. The fourth-order valence-electron chi connectivity index (χ4n) is 2.05. The van der Waals surface area contributed by atoms with Crippen LogP contribution in [0, 0.1) is 19.7 Å². The number of rotatable bonds is 3. The molecule has 2 rings (SSSR count). The second kappa shape index (κ2) is 5.10. The Balaban J connectivity index is 2.43. The zero-order valence-electron chi connectivity index (χ0n) is 10.7. The molecular weight excluding hydrogens is 245 g/mol. The molecule has 98 valence electrons. The van der Waals surface area contributed by atoms with Gasteiger partial charge >= 0.3 is 5.97 Å². The first-order chi connectivity index (χ1) is 8.97. The van der Waals surface area contributed by atoms with Gasteiger partial charge in [-0.2, -0.15) is 0 Å². The molecule has 4 heteroatoms. The van der Waals surface area contributed by atoms with Gasteiger partial charge in [-0.1, -0.05) is 12.1 Å². The molecule has 0 aliphatic rings. The van der Waals surface area contributed by atoms with Crippen molar-refractivity contribution in [2.75, 3.05) is 5.32 Å². The Hall–Kier alpha value is -2.36. The van der Waals surface area contributed by atoms with Crippen molar-refractivity contribution in [3.63, 3.8) is 0 Å². The number of hydrogen-bond acceptors (Lipinski definition) is 2. The molecule has 2 aromatic rings. The number of carboxylic acid groups (broad SMARTS) is 1. The van der Waals surface area contributed by atoms with Crippen LogP contribution in [-0.2, 0) is 0 Å². The van der Waals surface area contributed by atoms with Crippen molar-refractivity contribution in [2.24, 2.45) is 0 Å². The molecule has 0 bridgehead atoms. The van der Waals surface area contributed by atoms with E-state index in [0.29, 0.717) is 0 Å². The summed E-state index contributed by atoms with van der Waals surface area (Å²) in [5.74, 6) is -2.04. The second-order valence-corrected chi connectivity index (χ2v) is 4.47. The van der Waals surface area contributed by atoms with E-state index < -0.39 is 11.8 Å². The molecule has 0 aliphatic carbocycles. The highest BCUT2D eigenvalue weighted by Crippen LogP contribution is 2.24. The molecule has 0 heterocycles. The van der Waals surface area contributed by atoms with Crippen LogP contribution in [0.15, 0.2) is 36.4 Å². The molecular formula is C15H14FNO2. The average molecular weight is 259 g/mol. The summed E-state index contributed by atoms with van der Waals surface area (Å²) in [6.07, 6.45) is 0. The van der Waals surface area contributed by atoms with Crippen molar-refractivity contribution in [2.45, 2.75) is 13.8 Å². The first kappa shape index (κ1) is 13.1. The molecule has 2 N–H and O–H groups in total. The predicted molar refractivity (Wildman–Crippen MR) is 72.6 cm³/mol. The van der Waals surface area contributed by atoms with Gasteiger partial charge in [0.2, 0.25) is 0 Å². The summed E-state index contributed by atoms with van der Waals surface area (Å²) < 4.78 is 13.5. The maximum atomic E-state index is 13.5. The lowest BCUT2D eigenvalue weighted by molar-refractivity contribution is 0.0693. The van der Waals surface area contributed by atoms with Crippen LogP contribution in [0.5, 0.6) is 0 Å². The molecule has 0 amide bonds. The van der Waals surface area contributed by atoms with Gasteiger partial charge in [0, 0.05) is 5.69 Å². The smallest absolute Gasteiger partial charge is 0.340 e. The van der Waals surface area contributed by atoms with Gasteiger partial charge in [0.25, 0.3) is 0 Å². The third-order valence-electron chi connectivity index (χ3n) is 2.73. The normalized spacial score (nSPS) is 10.3. The van der Waals surface area contributed by atoms with Gasteiger partial charge in [0.1, 0.15) is 11.4 Å². The standard InChI is InChI=1S/C15H14FNO2/c1-9-6-10(2)8-11(7-9)17-13-5-3-4-12(16)14(13)15(18)19/h3-8,17H,1-2H3,(H,18,19). The van der Waals surface area contributed by atoms with Gasteiger partial charge in [-0.05, 0) is 49.2 Å². The summed E-state index contributed by atoms with van der Waals surface area (Å²) in [6, 6.07) is 9.93. The van der Waals surface area contributed by atoms with E-state index in [2.05, 4.69) is 5.32 Å². The molecule has 0 fully saturated rings. The average Bonchev–Trinajstić information content (AvgIpc) is 2.26. The summed E-state index contributed by atoms with van der Waals surface area (Å²) in [5, 5.41) is 12.0. The number of nitrogens with one attached hydrogen (secondary N) is 1. The van der Waals surface area contributed by atoms with E-state index >= 15 is 0 Å². The number of aryl methyl sites for hydroxylation is 2. The fourth-order valence-corrected chi connectivity index (χ4v) is 2.05. The largest absolute Gasteiger partial charge is 0.478 e. The molecule has 0 spiro atoms. The van der Waals surface area contributed by atoms with Crippen molar-refractivity contribution in [1.29, 1.82) is 0 Å². The van der Waals surface area contributed by atoms with E-state index in [1.54, 1.807) is 6.07 Å².